The summed E-state index contributed by atoms with van der Waals surface area (Å²) in [7, 11) is 0. The number of carboxylic acids is 1. The molecular weight excluding hydrogens is 192 g/mol. The maximum atomic E-state index is 10.3. The third-order valence-corrected chi connectivity index (χ3v) is 2.12. The zero-order chi connectivity index (χ0) is 11.4. The van der Waals surface area contributed by atoms with Gasteiger partial charge in [-0.25, -0.2) is 0 Å². The summed E-state index contributed by atoms with van der Waals surface area (Å²) in [5.41, 5.74) is 2.50. The van der Waals surface area contributed by atoms with E-state index in [1.807, 2.05) is 26.0 Å². The molecule has 1 aromatic carbocycles. The largest absolute Gasteiger partial charge is 0.507 e. The molecule has 0 aliphatic carbocycles. The van der Waals surface area contributed by atoms with Crippen LogP contribution in [0.2, 0.25) is 0 Å². The van der Waals surface area contributed by atoms with Gasteiger partial charge in [0.15, 0.2) is 0 Å². The molecule has 15 heavy (non-hydrogen) atoms. The first-order chi connectivity index (χ1) is 7.00. The van der Waals surface area contributed by atoms with Crippen LogP contribution >= 0.6 is 0 Å². The Balaban J connectivity index is 2.87. The molecule has 0 aliphatic rings. The van der Waals surface area contributed by atoms with E-state index in [-0.39, 0.29) is 6.42 Å². The standard InChI is InChI=1S/C12H14O3/c1-8-6-10(4-3-5-11(13)14)7-9(2)12(8)15/h3-4,6-7,15H,5H2,1-2H3,(H,13,14). The Morgan fingerprint density at radius 2 is 1.87 bits per heavy atom. The molecule has 0 saturated heterocycles. The number of aryl methyl sites for hydroxylation is 2. The van der Waals surface area contributed by atoms with Crippen LogP contribution in [0.15, 0.2) is 18.2 Å². The number of rotatable bonds is 3. The van der Waals surface area contributed by atoms with Crippen molar-refractivity contribution in [2.45, 2.75) is 20.3 Å². The van der Waals surface area contributed by atoms with Crippen molar-refractivity contribution in [1.82, 2.24) is 0 Å². The first kappa shape index (κ1) is 11.3. The molecule has 0 fully saturated rings. The van der Waals surface area contributed by atoms with Crippen LogP contribution in [0.4, 0.5) is 0 Å². The summed E-state index contributed by atoms with van der Waals surface area (Å²) in [5.74, 6) is -0.552. The first-order valence-corrected chi connectivity index (χ1v) is 4.69. The minimum absolute atomic E-state index is 0.0129. The lowest BCUT2D eigenvalue weighted by molar-refractivity contribution is -0.135. The predicted octanol–water partition coefficient (Wildman–Crippen LogP) is 2.50. The molecule has 0 aliphatic heterocycles. The highest BCUT2D eigenvalue weighted by Gasteiger charge is 2.01. The highest BCUT2D eigenvalue weighted by molar-refractivity contribution is 5.70. The number of carboxylic acid groups (broad SMARTS) is 1. The van der Waals surface area contributed by atoms with Crippen LogP contribution < -0.4 is 0 Å². The average Bonchev–Trinajstić information content (AvgIpc) is 2.13. The number of benzene rings is 1. The van der Waals surface area contributed by atoms with Gasteiger partial charge in [-0.05, 0) is 42.7 Å². The third kappa shape index (κ3) is 3.13. The Morgan fingerprint density at radius 1 is 1.33 bits per heavy atom. The molecule has 80 valence electrons. The molecule has 0 aromatic heterocycles. The summed E-state index contributed by atoms with van der Waals surface area (Å²) >= 11 is 0. The van der Waals surface area contributed by atoms with Crippen molar-refractivity contribution in [2.75, 3.05) is 0 Å². The second-order valence-corrected chi connectivity index (χ2v) is 3.50. The maximum absolute atomic E-state index is 10.3. The number of phenols is 1. The van der Waals surface area contributed by atoms with E-state index in [1.54, 1.807) is 12.2 Å². The number of aromatic hydroxyl groups is 1. The summed E-state index contributed by atoms with van der Waals surface area (Å²) in [6.45, 7) is 3.63. The molecule has 2 N–H and O–H groups in total. The normalized spacial score (nSPS) is 10.8. The molecule has 0 atom stereocenters. The zero-order valence-corrected chi connectivity index (χ0v) is 8.82. The topological polar surface area (TPSA) is 57.5 Å². The van der Waals surface area contributed by atoms with Crippen LogP contribution in [0.25, 0.3) is 6.08 Å². The molecule has 0 amide bonds. The Kier molecular flexibility index (Phi) is 3.50. The van der Waals surface area contributed by atoms with Gasteiger partial charge in [-0.1, -0.05) is 12.2 Å². The van der Waals surface area contributed by atoms with Crippen molar-refractivity contribution in [1.29, 1.82) is 0 Å². The number of hydrogen-bond acceptors (Lipinski definition) is 2. The Bertz CT molecular complexity index is 382. The Hall–Kier alpha value is -1.77. The van der Waals surface area contributed by atoms with Crippen LogP contribution in [-0.2, 0) is 4.79 Å². The quantitative estimate of drug-likeness (QED) is 0.798. The molecule has 1 rings (SSSR count). The summed E-state index contributed by atoms with van der Waals surface area (Å²) in [6, 6.07) is 3.64. The van der Waals surface area contributed by atoms with Crippen molar-refractivity contribution in [3.05, 3.63) is 34.9 Å². The number of phenolic OH excluding ortho intramolecular Hbond substituents is 1. The van der Waals surface area contributed by atoms with Gasteiger partial charge >= 0.3 is 5.97 Å². The predicted molar refractivity (Wildman–Crippen MR) is 58.9 cm³/mol. The SMILES string of the molecule is Cc1cc(C=CCC(=O)O)cc(C)c1O. The van der Waals surface area contributed by atoms with Crippen LogP contribution in [0.5, 0.6) is 5.75 Å². The minimum Gasteiger partial charge on any atom is -0.507 e. The molecule has 0 saturated carbocycles. The second-order valence-electron chi connectivity index (χ2n) is 3.50. The summed E-state index contributed by atoms with van der Waals surface area (Å²) in [5, 5.41) is 18.0. The lowest BCUT2D eigenvalue weighted by Crippen LogP contribution is -1.89. The van der Waals surface area contributed by atoms with E-state index in [1.165, 1.54) is 0 Å². The van der Waals surface area contributed by atoms with E-state index in [9.17, 15) is 9.90 Å². The van der Waals surface area contributed by atoms with Crippen molar-refractivity contribution < 1.29 is 15.0 Å². The third-order valence-electron chi connectivity index (χ3n) is 2.12. The van der Waals surface area contributed by atoms with Crippen LogP contribution in [0, 0.1) is 13.8 Å². The number of carbonyl (C=O) groups is 1. The molecule has 0 spiro atoms. The molecule has 0 radical (unpaired) electrons. The van der Waals surface area contributed by atoms with Gasteiger partial charge in [-0.3, -0.25) is 4.79 Å². The maximum Gasteiger partial charge on any atom is 0.307 e. The fourth-order valence-corrected chi connectivity index (χ4v) is 1.38. The number of aliphatic carboxylic acids is 1. The van der Waals surface area contributed by atoms with E-state index in [0.717, 1.165) is 16.7 Å². The highest BCUT2D eigenvalue weighted by Crippen LogP contribution is 2.23. The van der Waals surface area contributed by atoms with Gasteiger partial charge in [0.25, 0.3) is 0 Å². The van der Waals surface area contributed by atoms with Crippen molar-refractivity contribution in [2.24, 2.45) is 0 Å². The Morgan fingerprint density at radius 3 is 2.33 bits per heavy atom. The van der Waals surface area contributed by atoms with Crippen LogP contribution in [-0.4, -0.2) is 16.2 Å². The molecule has 0 bridgehead atoms. The molecule has 0 heterocycles. The van der Waals surface area contributed by atoms with E-state index in [2.05, 4.69) is 0 Å². The fourth-order valence-electron chi connectivity index (χ4n) is 1.38. The van der Waals surface area contributed by atoms with Crippen molar-refractivity contribution >= 4 is 12.0 Å². The van der Waals surface area contributed by atoms with Crippen molar-refractivity contribution in [3.8, 4) is 5.75 Å². The first-order valence-electron chi connectivity index (χ1n) is 4.69. The van der Waals surface area contributed by atoms with E-state index >= 15 is 0 Å². The molecule has 1 aromatic rings. The zero-order valence-electron chi connectivity index (χ0n) is 8.82. The molecular formula is C12H14O3. The van der Waals surface area contributed by atoms with Gasteiger partial charge in [-0.15, -0.1) is 0 Å². The second kappa shape index (κ2) is 4.64. The van der Waals surface area contributed by atoms with E-state index < -0.39 is 5.97 Å². The van der Waals surface area contributed by atoms with E-state index in [0.29, 0.717) is 5.75 Å². The highest BCUT2D eigenvalue weighted by atomic mass is 16.4. The van der Waals surface area contributed by atoms with Gasteiger partial charge in [0.1, 0.15) is 5.75 Å². The van der Waals surface area contributed by atoms with E-state index in [4.69, 9.17) is 5.11 Å². The van der Waals surface area contributed by atoms with Crippen LogP contribution in [0.1, 0.15) is 23.1 Å². The average molecular weight is 206 g/mol. The summed E-state index contributed by atoms with van der Waals surface area (Å²) in [6.07, 6.45) is 3.35. The van der Waals surface area contributed by atoms with Gasteiger partial charge in [-0.2, -0.15) is 0 Å². The van der Waals surface area contributed by atoms with Crippen molar-refractivity contribution in [3.63, 3.8) is 0 Å². The van der Waals surface area contributed by atoms with Crippen LogP contribution in [0.3, 0.4) is 0 Å². The minimum atomic E-state index is -0.849. The molecule has 3 nitrogen and oxygen atoms in total. The fraction of sp³-hybridized carbons (Fsp3) is 0.250. The van der Waals surface area contributed by atoms with Gasteiger partial charge < -0.3 is 10.2 Å². The van der Waals surface area contributed by atoms with Gasteiger partial charge in [0, 0.05) is 0 Å². The number of hydrogen-bond donors (Lipinski definition) is 2. The molecule has 0 unspecified atom stereocenters. The van der Waals surface area contributed by atoms with Gasteiger partial charge in [0.2, 0.25) is 0 Å². The molecule has 3 heteroatoms. The summed E-state index contributed by atoms with van der Waals surface area (Å²) in [4.78, 5) is 10.3. The Labute approximate surface area is 88.7 Å². The summed E-state index contributed by atoms with van der Waals surface area (Å²) < 4.78 is 0. The monoisotopic (exact) mass is 206 g/mol. The lowest BCUT2D eigenvalue weighted by atomic mass is 10.1. The smallest absolute Gasteiger partial charge is 0.307 e. The van der Waals surface area contributed by atoms with Gasteiger partial charge in [0.05, 0.1) is 6.42 Å². The lowest BCUT2D eigenvalue weighted by Gasteiger charge is -2.04.